The van der Waals surface area contributed by atoms with E-state index in [9.17, 15) is 4.39 Å². The molecule has 4 rings (SSSR count). The van der Waals surface area contributed by atoms with E-state index in [4.69, 9.17) is 23.1 Å². The molecule has 0 bridgehead atoms. The minimum absolute atomic E-state index is 0.0310. The van der Waals surface area contributed by atoms with E-state index in [0.29, 0.717) is 34.7 Å². The molecule has 5 nitrogen and oxygen atoms in total. The van der Waals surface area contributed by atoms with Crippen LogP contribution in [0.15, 0.2) is 24.4 Å². The normalized spacial score (nSPS) is 28.4. The first-order valence-electron chi connectivity index (χ1n) is 8.45. The number of anilines is 2. The predicted molar refractivity (Wildman–Crippen MR) is 97.9 cm³/mol. The van der Waals surface area contributed by atoms with Crippen LogP contribution >= 0.6 is 11.6 Å². The van der Waals surface area contributed by atoms with Crippen molar-refractivity contribution in [1.82, 2.24) is 9.97 Å². The molecule has 1 aromatic carbocycles. The molecule has 3 atom stereocenters. The van der Waals surface area contributed by atoms with Crippen molar-refractivity contribution in [1.29, 1.82) is 0 Å². The van der Waals surface area contributed by atoms with Gasteiger partial charge in [0, 0.05) is 36.0 Å². The summed E-state index contributed by atoms with van der Waals surface area (Å²) in [4.78, 5) is 11.1. The molecule has 1 aliphatic heterocycles. The molecule has 2 aromatic rings. The molecule has 0 radical (unpaired) electrons. The fraction of sp³-hybridized carbons (Fsp3) is 0.444. The number of rotatable bonds is 2. The molecular formula is C18H21ClFN5. The van der Waals surface area contributed by atoms with E-state index in [0.717, 1.165) is 25.9 Å². The van der Waals surface area contributed by atoms with Crippen molar-refractivity contribution < 1.29 is 4.39 Å². The number of hydrogen-bond acceptors (Lipinski definition) is 5. The molecular weight excluding hydrogens is 341 g/mol. The molecule has 2 fully saturated rings. The second-order valence-corrected chi connectivity index (χ2v) is 7.94. The standard InChI is InChI=1S/C18H21ClFN5/c1-18(22)5-10-8-25(9-11(10)6-18)17-23-7-13(16(21)24-17)12-3-2-4-14(20)15(12)19/h2-4,7,10-11H,5-6,8-9,22H2,1H3,(H2,21,23,24)/t10-,11+,18?. The highest BCUT2D eigenvalue weighted by Crippen LogP contribution is 2.43. The predicted octanol–water partition coefficient (Wildman–Crippen LogP) is 3.08. The third kappa shape index (κ3) is 2.93. The van der Waals surface area contributed by atoms with Crippen LogP contribution in [0.5, 0.6) is 0 Å². The zero-order valence-corrected chi connectivity index (χ0v) is 14.8. The van der Waals surface area contributed by atoms with Crippen LogP contribution in [0.3, 0.4) is 0 Å². The van der Waals surface area contributed by atoms with Crippen molar-refractivity contribution in [3.05, 3.63) is 35.2 Å². The molecule has 0 spiro atoms. The van der Waals surface area contributed by atoms with E-state index in [1.54, 1.807) is 18.3 Å². The van der Waals surface area contributed by atoms with Crippen LogP contribution in [0.2, 0.25) is 5.02 Å². The Kier molecular flexibility index (Phi) is 3.85. The summed E-state index contributed by atoms with van der Waals surface area (Å²) in [5.74, 6) is 1.59. The SMILES string of the molecule is CC1(N)C[C@H]2CN(c3ncc(-c4cccc(F)c4Cl)c(N)n3)C[C@H]2C1. The lowest BCUT2D eigenvalue weighted by atomic mass is 10.00. The van der Waals surface area contributed by atoms with Crippen molar-refractivity contribution in [2.45, 2.75) is 25.3 Å². The molecule has 0 amide bonds. The highest BCUT2D eigenvalue weighted by molar-refractivity contribution is 6.33. The molecule has 132 valence electrons. The van der Waals surface area contributed by atoms with E-state index in [1.807, 2.05) is 0 Å². The zero-order valence-electron chi connectivity index (χ0n) is 14.0. The van der Waals surface area contributed by atoms with Gasteiger partial charge >= 0.3 is 0 Å². The summed E-state index contributed by atoms with van der Waals surface area (Å²) in [6.45, 7) is 3.93. The van der Waals surface area contributed by atoms with Crippen molar-refractivity contribution in [2.75, 3.05) is 23.7 Å². The lowest BCUT2D eigenvalue weighted by Gasteiger charge is -2.23. The molecule has 7 heteroatoms. The Balaban J connectivity index is 1.58. The number of aromatic nitrogens is 2. The Labute approximate surface area is 151 Å². The van der Waals surface area contributed by atoms with Crippen LogP contribution in [-0.2, 0) is 0 Å². The summed E-state index contributed by atoms with van der Waals surface area (Å²) in [5, 5.41) is 0.0310. The van der Waals surface area contributed by atoms with Crippen molar-refractivity contribution >= 4 is 23.4 Å². The van der Waals surface area contributed by atoms with Gasteiger partial charge in [-0.25, -0.2) is 9.37 Å². The maximum atomic E-state index is 13.7. The van der Waals surface area contributed by atoms with E-state index >= 15 is 0 Å². The summed E-state index contributed by atoms with van der Waals surface area (Å²) in [6, 6.07) is 4.61. The smallest absolute Gasteiger partial charge is 0.227 e. The molecule has 1 aliphatic carbocycles. The Bertz CT molecular complexity index is 809. The van der Waals surface area contributed by atoms with Crippen LogP contribution in [-0.4, -0.2) is 28.6 Å². The van der Waals surface area contributed by atoms with Gasteiger partial charge in [-0.3, -0.25) is 0 Å². The van der Waals surface area contributed by atoms with Crippen molar-refractivity contribution in [2.24, 2.45) is 17.6 Å². The summed E-state index contributed by atoms with van der Waals surface area (Å²) < 4.78 is 13.7. The zero-order chi connectivity index (χ0) is 17.8. The van der Waals surface area contributed by atoms with Crippen LogP contribution in [0, 0.1) is 17.7 Å². The van der Waals surface area contributed by atoms with Crippen LogP contribution in [0.1, 0.15) is 19.8 Å². The summed E-state index contributed by atoms with van der Waals surface area (Å²) in [5.41, 5.74) is 13.4. The highest BCUT2D eigenvalue weighted by Gasteiger charge is 2.45. The van der Waals surface area contributed by atoms with Crippen molar-refractivity contribution in [3.63, 3.8) is 0 Å². The molecule has 1 aromatic heterocycles. The fourth-order valence-corrected chi connectivity index (χ4v) is 4.53. The topological polar surface area (TPSA) is 81.1 Å². The average Bonchev–Trinajstić information content (AvgIpc) is 3.04. The Hall–Kier alpha value is -1.92. The average molecular weight is 362 g/mol. The molecule has 25 heavy (non-hydrogen) atoms. The van der Waals surface area contributed by atoms with E-state index in [-0.39, 0.29) is 10.6 Å². The maximum absolute atomic E-state index is 13.7. The van der Waals surface area contributed by atoms with Gasteiger partial charge in [-0.2, -0.15) is 4.98 Å². The summed E-state index contributed by atoms with van der Waals surface area (Å²) in [7, 11) is 0. The second-order valence-electron chi connectivity index (χ2n) is 7.56. The van der Waals surface area contributed by atoms with E-state index in [1.165, 1.54) is 6.07 Å². The minimum Gasteiger partial charge on any atom is -0.383 e. The molecule has 1 saturated heterocycles. The van der Waals surface area contributed by atoms with Gasteiger partial charge in [0.25, 0.3) is 0 Å². The van der Waals surface area contributed by atoms with Crippen molar-refractivity contribution in [3.8, 4) is 11.1 Å². The first-order valence-corrected chi connectivity index (χ1v) is 8.82. The Morgan fingerprint density at radius 1 is 1.24 bits per heavy atom. The number of nitrogen functional groups attached to an aromatic ring is 1. The van der Waals surface area contributed by atoms with E-state index < -0.39 is 5.82 Å². The van der Waals surface area contributed by atoms with Gasteiger partial charge in [-0.1, -0.05) is 23.7 Å². The van der Waals surface area contributed by atoms with Gasteiger partial charge in [0.05, 0.1) is 5.02 Å². The molecule has 1 saturated carbocycles. The molecule has 4 N–H and O–H groups in total. The lowest BCUT2D eigenvalue weighted by Crippen LogP contribution is -2.35. The molecule has 1 unspecified atom stereocenters. The number of nitrogens with two attached hydrogens (primary N) is 2. The molecule has 2 aliphatic rings. The second kappa shape index (κ2) is 5.81. The maximum Gasteiger partial charge on any atom is 0.227 e. The minimum atomic E-state index is -0.486. The largest absolute Gasteiger partial charge is 0.383 e. The summed E-state index contributed by atoms with van der Waals surface area (Å²) in [6.07, 6.45) is 3.68. The van der Waals surface area contributed by atoms with Gasteiger partial charge in [0.1, 0.15) is 11.6 Å². The number of halogens is 2. The molecule has 2 heterocycles. The highest BCUT2D eigenvalue weighted by atomic mass is 35.5. The van der Waals surface area contributed by atoms with E-state index in [2.05, 4.69) is 21.8 Å². The fourth-order valence-electron chi connectivity index (χ4n) is 4.30. The van der Waals surface area contributed by atoms with Gasteiger partial charge in [-0.05, 0) is 37.7 Å². The van der Waals surface area contributed by atoms with Crippen LogP contribution in [0.4, 0.5) is 16.2 Å². The number of hydrogen-bond donors (Lipinski definition) is 2. The first-order chi connectivity index (χ1) is 11.8. The van der Waals surface area contributed by atoms with Gasteiger partial charge in [-0.15, -0.1) is 0 Å². The van der Waals surface area contributed by atoms with Gasteiger partial charge < -0.3 is 16.4 Å². The van der Waals surface area contributed by atoms with Crippen LogP contribution < -0.4 is 16.4 Å². The first kappa shape index (κ1) is 16.5. The summed E-state index contributed by atoms with van der Waals surface area (Å²) >= 11 is 6.05. The number of nitrogens with zero attached hydrogens (tertiary/aromatic N) is 3. The van der Waals surface area contributed by atoms with Gasteiger partial charge in [0.2, 0.25) is 5.95 Å². The Morgan fingerprint density at radius 2 is 1.92 bits per heavy atom. The third-order valence-electron chi connectivity index (χ3n) is 5.36. The monoisotopic (exact) mass is 361 g/mol. The van der Waals surface area contributed by atoms with Crippen LogP contribution in [0.25, 0.3) is 11.1 Å². The quantitative estimate of drug-likeness (QED) is 0.859. The number of fused-ring (bicyclic) bond motifs is 1. The third-order valence-corrected chi connectivity index (χ3v) is 5.75. The lowest BCUT2D eigenvalue weighted by molar-refractivity contribution is 0.449. The number of benzene rings is 1. The Morgan fingerprint density at radius 3 is 2.56 bits per heavy atom. The van der Waals surface area contributed by atoms with Gasteiger partial charge in [0.15, 0.2) is 0 Å².